The molecule has 5 nitrogen and oxygen atoms in total. The van der Waals surface area contributed by atoms with Gasteiger partial charge in [0.05, 0.1) is 16.8 Å². The summed E-state index contributed by atoms with van der Waals surface area (Å²) in [6, 6.07) is 9.16. The number of hydrogen-bond donors (Lipinski definition) is 2. The van der Waals surface area contributed by atoms with Crippen LogP contribution in [0, 0.1) is 20.8 Å². The van der Waals surface area contributed by atoms with Crippen molar-refractivity contribution in [3.05, 3.63) is 68.9 Å². The molecule has 26 heavy (non-hydrogen) atoms. The molecule has 2 N–H and O–H groups in total. The Hall–Kier alpha value is -2.92. The van der Waals surface area contributed by atoms with E-state index in [4.69, 9.17) is 16.6 Å². The van der Waals surface area contributed by atoms with Crippen molar-refractivity contribution in [2.24, 2.45) is 0 Å². The van der Waals surface area contributed by atoms with Gasteiger partial charge in [-0.15, -0.1) is 0 Å². The van der Waals surface area contributed by atoms with Crippen molar-refractivity contribution in [3.63, 3.8) is 0 Å². The van der Waals surface area contributed by atoms with Gasteiger partial charge in [0.25, 0.3) is 0 Å². The number of nitrogens with zero attached hydrogens (tertiary/aromatic N) is 2. The molecule has 0 aromatic carbocycles. The molecule has 6 heteroatoms. The van der Waals surface area contributed by atoms with Crippen LogP contribution in [-0.2, 0) is 0 Å². The van der Waals surface area contributed by atoms with Gasteiger partial charge in [0.2, 0.25) is 0 Å². The molecule has 130 valence electrons. The average molecular weight is 365 g/mol. The molecule has 0 radical (unpaired) electrons. The van der Waals surface area contributed by atoms with Crippen LogP contribution < -0.4 is 5.43 Å². The molecule has 0 atom stereocenters. The zero-order valence-corrected chi connectivity index (χ0v) is 15.4. The van der Waals surface area contributed by atoms with Gasteiger partial charge in [-0.1, -0.05) is 11.6 Å². The molecule has 0 aliphatic carbocycles. The Bertz CT molecular complexity index is 1170. The summed E-state index contributed by atoms with van der Waals surface area (Å²) in [6.07, 6.45) is 1.61. The number of aromatic amines is 2. The van der Waals surface area contributed by atoms with Gasteiger partial charge in [0.15, 0.2) is 5.43 Å². The first kappa shape index (κ1) is 16.5. The second-order valence-corrected chi connectivity index (χ2v) is 6.82. The molecule has 0 aliphatic rings. The van der Waals surface area contributed by atoms with Crippen LogP contribution in [0.25, 0.3) is 33.5 Å². The zero-order valence-electron chi connectivity index (χ0n) is 14.6. The third kappa shape index (κ3) is 2.80. The first-order valence-corrected chi connectivity index (χ1v) is 8.64. The van der Waals surface area contributed by atoms with E-state index < -0.39 is 0 Å². The Morgan fingerprint density at radius 2 is 1.85 bits per heavy atom. The van der Waals surface area contributed by atoms with E-state index in [1.807, 2.05) is 32.9 Å². The van der Waals surface area contributed by atoms with Crippen molar-refractivity contribution in [2.45, 2.75) is 20.8 Å². The van der Waals surface area contributed by atoms with Crippen molar-refractivity contribution in [1.82, 2.24) is 19.9 Å². The Morgan fingerprint density at radius 1 is 1.04 bits per heavy atom. The third-order valence-corrected chi connectivity index (χ3v) is 4.70. The molecule has 4 heterocycles. The van der Waals surface area contributed by atoms with E-state index in [1.54, 1.807) is 12.3 Å². The van der Waals surface area contributed by atoms with E-state index in [1.165, 1.54) is 6.07 Å². The van der Waals surface area contributed by atoms with Crippen molar-refractivity contribution in [2.75, 3.05) is 0 Å². The number of hydrogen-bond acceptors (Lipinski definition) is 3. The molecule has 0 saturated carbocycles. The molecule has 0 unspecified atom stereocenters. The highest BCUT2D eigenvalue weighted by atomic mass is 35.5. The molecule has 0 saturated heterocycles. The summed E-state index contributed by atoms with van der Waals surface area (Å²) in [6.45, 7) is 5.96. The van der Waals surface area contributed by atoms with Gasteiger partial charge < -0.3 is 9.97 Å². The van der Waals surface area contributed by atoms with Crippen LogP contribution in [0.2, 0.25) is 5.15 Å². The number of aryl methyl sites for hydroxylation is 3. The highest BCUT2D eigenvalue weighted by Gasteiger charge is 2.16. The maximum absolute atomic E-state index is 12.3. The minimum atomic E-state index is -0.0743. The molecule has 0 spiro atoms. The minimum absolute atomic E-state index is 0.0743. The lowest BCUT2D eigenvalue weighted by atomic mass is 10.0. The van der Waals surface area contributed by atoms with E-state index in [9.17, 15) is 4.79 Å². The maximum Gasteiger partial charge on any atom is 0.191 e. The summed E-state index contributed by atoms with van der Waals surface area (Å²) in [5.74, 6) is 0. The van der Waals surface area contributed by atoms with Crippen LogP contribution in [0.5, 0.6) is 0 Å². The predicted octanol–water partition coefficient (Wildman–Crippen LogP) is 4.56. The summed E-state index contributed by atoms with van der Waals surface area (Å²) in [7, 11) is 0. The van der Waals surface area contributed by atoms with Crippen LogP contribution in [0.1, 0.15) is 17.0 Å². The Morgan fingerprint density at radius 3 is 2.54 bits per heavy atom. The van der Waals surface area contributed by atoms with Gasteiger partial charge in [-0.3, -0.25) is 4.79 Å². The SMILES string of the molecule is Cc1cc(-c2cc3c(=O)cc[nH]c3nc2-c2cc(C)c(C)[nH]2)cc(Cl)n1. The van der Waals surface area contributed by atoms with Crippen LogP contribution in [0.4, 0.5) is 0 Å². The molecule has 0 aliphatic heterocycles. The number of halogens is 1. The van der Waals surface area contributed by atoms with E-state index in [2.05, 4.69) is 21.0 Å². The second kappa shape index (κ2) is 6.11. The average Bonchev–Trinajstić information content (AvgIpc) is 2.92. The first-order chi connectivity index (χ1) is 12.4. The summed E-state index contributed by atoms with van der Waals surface area (Å²) < 4.78 is 0. The molecule has 0 bridgehead atoms. The number of rotatable bonds is 2. The van der Waals surface area contributed by atoms with Gasteiger partial charge in [-0.25, -0.2) is 9.97 Å². The topological polar surface area (TPSA) is 74.4 Å². The molecule has 0 amide bonds. The zero-order chi connectivity index (χ0) is 18.4. The van der Waals surface area contributed by atoms with Crippen molar-refractivity contribution < 1.29 is 0 Å². The fourth-order valence-electron chi connectivity index (χ4n) is 3.10. The fourth-order valence-corrected chi connectivity index (χ4v) is 3.35. The highest BCUT2D eigenvalue weighted by Crippen LogP contribution is 2.33. The lowest BCUT2D eigenvalue weighted by Crippen LogP contribution is -2.03. The molecule has 4 rings (SSSR count). The number of H-pyrrole nitrogens is 2. The van der Waals surface area contributed by atoms with Crippen molar-refractivity contribution >= 4 is 22.6 Å². The molecule has 0 fully saturated rings. The molecular formula is C20H17ClN4O. The van der Waals surface area contributed by atoms with Gasteiger partial charge >= 0.3 is 0 Å². The Kier molecular flexibility index (Phi) is 3.89. The third-order valence-electron chi connectivity index (χ3n) is 4.51. The number of nitrogens with one attached hydrogen (secondary N) is 2. The Labute approximate surface area is 155 Å². The lowest BCUT2D eigenvalue weighted by Gasteiger charge is -2.11. The van der Waals surface area contributed by atoms with Gasteiger partial charge in [-0.2, -0.15) is 0 Å². The normalized spacial score (nSPS) is 11.2. The summed E-state index contributed by atoms with van der Waals surface area (Å²) in [4.78, 5) is 27.7. The largest absolute Gasteiger partial charge is 0.357 e. The van der Waals surface area contributed by atoms with E-state index in [-0.39, 0.29) is 5.43 Å². The molecule has 4 aromatic rings. The van der Waals surface area contributed by atoms with Crippen molar-refractivity contribution in [1.29, 1.82) is 0 Å². The van der Waals surface area contributed by atoms with E-state index in [0.29, 0.717) is 16.2 Å². The van der Waals surface area contributed by atoms with Crippen LogP contribution in [0.15, 0.2) is 41.3 Å². The summed E-state index contributed by atoms with van der Waals surface area (Å²) in [5.41, 5.74) is 6.89. The maximum atomic E-state index is 12.3. The molecule has 4 aromatic heterocycles. The quantitative estimate of drug-likeness (QED) is 0.512. The van der Waals surface area contributed by atoms with Gasteiger partial charge in [0, 0.05) is 29.2 Å². The van der Waals surface area contributed by atoms with Gasteiger partial charge in [-0.05, 0) is 56.2 Å². The fraction of sp³-hybridized carbons (Fsp3) is 0.150. The molecular weight excluding hydrogens is 348 g/mol. The monoisotopic (exact) mass is 364 g/mol. The Balaban J connectivity index is 2.09. The van der Waals surface area contributed by atoms with E-state index in [0.717, 1.165) is 39.5 Å². The minimum Gasteiger partial charge on any atom is -0.357 e. The first-order valence-electron chi connectivity index (χ1n) is 8.26. The number of pyridine rings is 3. The highest BCUT2D eigenvalue weighted by molar-refractivity contribution is 6.29. The van der Waals surface area contributed by atoms with Crippen LogP contribution in [0.3, 0.4) is 0 Å². The summed E-state index contributed by atoms with van der Waals surface area (Å²) in [5, 5.41) is 0.948. The predicted molar refractivity (Wildman–Crippen MR) is 105 cm³/mol. The van der Waals surface area contributed by atoms with Crippen LogP contribution >= 0.6 is 11.6 Å². The van der Waals surface area contributed by atoms with Gasteiger partial charge in [0.1, 0.15) is 10.8 Å². The number of aromatic nitrogens is 4. The second-order valence-electron chi connectivity index (χ2n) is 6.43. The standard InChI is InChI=1S/C20H17ClN4O/c1-10-6-16(24-12(10)3)19-14(13-7-11(2)23-18(21)8-13)9-15-17(26)4-5-22-20(15)25-19/h4-9,24H,1-3H3,(H,22,25,26). The van der Waals surface area contributed by atoms with Crippen molar-refractivity contribution in [3.8, 4) is 22.5 Å². The summed E-state index contributed by atoms with van der Waals surface area (Å²) >= 11 is 6.17. The lowest BCUT2D eigenvalue weighted by molar-refractivity contribution is 1.19. The number of fused-ring (bicyclic) bond motifs is 1. The van der Waals surface area contributed by atoms with Crippen LogP contribution in [-0.4, -0.2) is 19.9 Å². The van der Waals surface area contributed by atoms with E-state index >= 15 is 0 Å². The smallest absolute Gasteiger partial charge is 0.191 e.